The van der Waals surface area contributed by atoms with Crippen LogP contribution in [-0.2, 0) is 13.0 Å². The van der Waals surface area contributed by atoms with Gasteiger partial charge in [0, 0.05) is 12.1 Å². The second-order valence-corrected chi connectivity index (χ2v) is 4.55. The van der Waals surface area contributed by atoms with Crippen molar-refractivity contribution in [1.29, 1.82) is 0 Å². The highest BCUT2D eigenvalue weighted by molar-refractivity contribution is 6.34. The first-order valence-electron chi connectivity index (χ1n) is 6.13. The van der Waals surface area contributed by atoms with E-state index >= 15 is 0 Å². The lowest BCUT2D eigenvalue weighted by Gasteiger charge is -2.05. The Hall–Kier alpha value is -1.68. The van der Waals surface area contributed by atoms with Crippen LogP contribution in [0.2, 0.25) is 5.02 Å². The number of hydrogen-bond acceptors (Lipinski definition) is 2. The summed E-state index contributed by atoms with van der Waals surface area (Å²) >= 11 is 5.96. The maximum atomic E-state index is 13.2. The Balaban J connectivity index is 2.49. The van der Waals surface area contributed by atoms with E-state index in [-0.39, 0.29) is 16.4 Å². The molecule has 0 radical (unpaired) electrons. The summed E-state index contributed by atoms with van der Waals surface area (Å²) in [6, 6.07) is 5.50. The molecule has 0 saturated carbocycles. The Labute approximate surface area is 116 Å². The maximum Gasteiger partial charge on any atom is 0.212 e. The molecule has 19 heavy (non-hydrogen) atoms. The average molecular weight is 281 g/mol. The van der Waals surface area contributed by atoms with Crippen molar-refractivity contribution < 1.29 is 9.18 Å². The van der Waals surface area contributed by atoms with Crippen molar-refractivity contribution in [3.05, 3.63) is 52.1 Å². The third-order valence-electron chi connectivity index (χ3n) is 2.90. The molecular formula is C14H14ClFN2O. The van der Waals surface area contributed by atoms with Gasteiger partial charge in [-0.1, -0.05) is 18.5 Å². The van der Waals surface area contributed by atoms with E-state index in [4.69, 9.17) is 11.6 Å². The molecule has 0 bridgehead atoms. The van der Waals surface area contributed by atoms with E-state index in [1.807, 2.05) is 13.8 Å². The first kappa shape index (κ1) is 13.7. The predicted molar refractivity (Wildman–Crippen MR) is 72.1 cm³/mol. The van der Waals surface area contributed by atoms with Gasteiger partial charge in [-0.2, -0.15) is 5.10 Å². The lowest BCUT2D eigenvalue weighted by atomic mass is 10.1. The van der Waals surface area contributed by atoms with Crippen LogP contribution < -0.4 is 0 Å². The van der Waals surface area contributed by atoms with Crippen LogP contribution in [0.4, 0.5) is 4.39 Å². The number of halogens is 2. The smallest absolute Gasteiger partial charge is 0.212 e. The summed E-state index contributed by atoms with van der Waals surface area (Å²) in [7, 11) is 0. The van der Waals surface area contributed by atoms with Crippen molar-refractivity contribution >= 4 is 17.4 Å². The first-order chi connectivity index (χ1) is 9.06. The van der Waals surface area contributed by atoms with Crippen LogP contribution in [-0.4, -0.2) is 15.6 Å². The molecule has 0 amide bonds. The summed E-state index contributed by atoms with van der Waals surface area (Å²) < 4.78 is 14.9. The van der Waals surface area contributed by atoms with Crippen LogP contribution in [0.25, 0.3) is 0 Å². The number of benzene rings is 1. The zero-order valence-electron chi connectivity index (χ0n) is 10.8. The molecule has 5 heteroatoms. The van der Waals surface area contributed by atoms with E-state index < -0.39 is 5.82 Å². The lowest BCUT2D eigenvalue weighted by Crippen LogP contribution is -2.11. The van der Waals surface area contributed by atoms with Gasteiger partial charge in [0.05, 0.1) is 10.7 Å². The third-order valence-corrected chi connectivity index (χ3v) is 3.23. The van der Waals surface area contributed by atoms with Crippen molar-refractivity contribution in [3.63, 3.8) is 0 Å². The third kappa shape index (κ3) is 2.68. The van der Waals surface area contributed by atoms with Crippen molar-refractivity contribution in [2.45, 2.75) is 26.8 Å². The van der Waals surface area contributed by atoms with Gasteiger partial charge >= 0.3 is 0 Å². The number of hydrogen-bond donors (Lipinski definition) is 0. The van der Waals surface area contributed by atoms with Crippen LogP contribution >= 0.6 is 11.6 Å². The van der Waals surface area contributed by atoms with Gasteiger partial charge in [-0.25, -0.2) is 4.39 Å². The minimum atomic E-state index is -0.481. The summed E-state index contributed by atoms with van der Waals surface area (Å²) in [4.78, 5) is 12.4. The second-order valence-electron chi connectivity index (χ2n) is 4.14. The minimum absolute atomic E-state index is 0.166. The zero-order chi connectivity index (χ0) is 14.0. The van der Waals surface area contributed by atoms with E-state index in [9.17, 15) is 9.18 Å². The molecule has 2 aromatic rings. The van der Waals surface area contributed by atoms with Crippen LogP contribution in [0.15, 0.2) is 24.3 Å². The maximum absolute atomic E-state index is 13.2. The quantitative estimate of drug-likeness (QED) is 0.804. The fourth-order valence-electron chi connectivity index (χ4n) is 1.88. The molecule has 1 aromatic carbocycles. The molecule has 2 rings (SSSR count). The van der Waals surface area contributed by atoms with Gasteiger partial charge in [-0.05, 0) is 37.6 Å². The van der Waals surface area contributed by atoms with Crippen molar-refractivity contribution in [1.82, 2.24) is 9.78 Å². The molecule has 0 spiro atoms. The summed E-state index contributed by atoms with van der Waals surface area (Å²) in [6.07, 6.45) is 0.740. The largest absolute Gasteiger partial charge is 0.287 e. The molecule has 0 unspecified atom stereocenters. The van der Waals surface area contributed by atoms with Gasteiger partial charge in [0.2, 0.25) is 5.78 Å². The Morgan fingerprint density at radius 2 is 2.11 bits per heavy atom. The van der Waals surface area contributed by atoms with Gasteiger partial charge in [0.1, 0.15) is 11.5 Å². The monoisotopic (exact) mass is 280 g/mol. The molecule has 0 N–H and O–H groups in total. The van der Waals surface area contributed by atoms with Crippen molar-refractivity contribution in [2.24, 2.45) is 0 Å². The van der Waals surface area contributed by atoms with Crippen molar-refractivity contribution in [2.75, 3.05) is 0 Å². The molecule has 1 heterocycles. The Morgan fingerprint density at radius 3 is 2.74 bits per heavy atom. The van der Waals surface area contributed by atoms with Gasteiger partial charge in [0.15, 0.2) is 0 Å². The Bertz CT molecular complexity index is 622. The highest BCUT2D eigenvalue weighted by Crippen LogP contribution is 2.21. The number of nitrogens with zero attached hydrogens (tertiary/aromatic N) is 2. The normalized spacial score (nSPS) is 10.7. The molecule has 0 atom stereocenters. The molecule has 100 valence electrons. The first-order valence-corrected chi connectivity index (χ1v) is 6.51. The van der Waals surface area contributed by atoms with E-state index in [0.29, 0.717) is 12.2 Å². The molecule has 0 aliphatic carbocycles. The average Bonchev–Trinajstić information content (AvgIpc) is 2.84. The summed E-state index contributed by atoms with van der Waals surface area (Å²) in [5, 5.41) is 4.55. The number of ketones is 1. The second kappa shape index (κ2) is 5.53. The fraction of sp³-hybridized carbons (Fsp3) is 0.286. The van der Waals surface area contributed by atoms with Gasteiger partial charge in [-0.3, -0.25) is 9.48 Å². The molecule has 0 saturated heterocycles. The van der Waals surface area contributed by atoms with Gasteiger partial charge in [0.25, 0.3) is 0 Å². The van der Waals surface area contributed by atoms with Crippen LogP contribution in [0.1, 0.15) is 35.6 Å². The SMILES string of the molecule is CCc1cc(C(=O)c2cc(F)ccc2Cl)n(CC)n1. The summed E-state index contributed by atoms with van der Waals surface area (Å²) in [5.74, 6) is -0.787. The minimum Gasteiger partial charge on any atom is -0.287 e. The Kier molecular flexibility index (Phi) is 4.00. The molecule has 0 aliphatic rings. The molecule has 0 fully saturated rings. The topological polar surface area (TPSA) is 34.9 Å². The summed E-state index contributed by atoms with van der Waals surface area (Å²) in [6.45, 7) is 4.44. The van der Waals surface area contributed by atoms with Gasteiger partial charge < -0.3 is 0 Å². The Morgan fingerprint density at radius 1 is 1.37 bits per heavy atom. The lowest BCUT2D eigenvalue weighted by molar-refractivity contribution is 0.102. The van der Waals surface area contributed by atoms with Crippen molar-refractivity contribution in [3.8, 4) is 0 Å². The number of carbonyl (C=O) groups is 1. The highest BCUT2D eigenvalue weighted by atomic mass is 35.5. The number of aryl methyl sites for hydroxylation is 2. The number of carbonyl (C=O) groups excluding carboxylic acids is 1. The van der Waals surface area contributed by atoms with E-state index in [1.54, 1.807) is 10.7 Å². The highest BCUT2D eigenvalue weighted by Gasteiger charge is 2.19. The fourth-order valence-corrected chi connectivity index (χ4v) is 2.08. The number of rotatable bonds is 4. The molecular weight excluding hydrogens is 267 g/mol. The van der Waals surface area contributed by atoms with E-state index in [2.05, 4.69) is 5.10 Å². The summed E-state index contributed by atoms with van der Waals surface area (Å²) in [5.41, 5.74) is 1.43. The standard InChI is InChI=1S/C14H14ClFN2O/c1-3-10-8-13(18(4-2)17-10)14(19)11-7-9(16)5-6-12(11)15/h5-8H,3-4H2,1-2H3. The van der Waals surface area contributed by atoms with E-state index in [1.165, 1.54) is 12.1 Å². The van der Waals surface area contributed by atoms with Gasteiger partial charge in [-0.15, -0.1) is 0 Å². The molecule has 0 aliphatic heterocycles. The van der Waals surface area contributed by atoms with Crippen LogP contribution in [0.3, 0.4) is 0 Å². The molecule has 1 aromatic heterocycles. The zero-order valence-corrected chi connectivity index (χ0v) is 11.5. The number of aromatic nitrogens is 2. The molecule has 3 nitrogen and oxygen atoms in total. The van der Waals surface area contributed by atoms with Crippen LogP contribution in [0.5, 0.6) is 0 Å². The van der Waals surface area contributed by atoms with E-state index in [0.717, 1.165) is 18.2 Å². The predicted octanol–water partition coefficient (Wildman–Crippen LogP) is 3.49. The van der Waals surface area contributed by atoms with Crippen LogP contribution in [0, 0.1) is 5.82 Å².